The Labute approximate surface area is 122 Å². The minimum absolute atomic E-state index is 0.0119. The summed E-state index contributed by atoms with van der Waals surface area (Å²) < 4.78 is 6.75. The van der Waals surface area contributed by atoms with Crippen molar-refractivity contribution in [2.75, 3.05) is 5.32 Å². The first-order valence-corrected chi connectivity index (χ1v) is 7.09. The van der Waals surface area contributed by atoms with Gasteiger partial charge in [0.15, 0.2) is 0 Å². The summed E-state index contributed by atoms with van der Waals surface area (Å²) in [5, 5.41) is 14.3. The lowest BCUT2D eigenvalue weighted by Gasteiger charge is -2.03. The van der Waals surface area contributed by atoms with E-state index in [4.69, 9.17) is 4.52 Å². The van der Waals surface area contributed by atoms with Crippen LogP contribution in [-0.4, -0.2) is 26.9 Å². The van der Waals surface area contributed by atoms with Gasteiger partial charge in [0.25, 0.3) is 0 Å². The highest BCUT2D eigenvalue weighted by Crippen LogP contribution is 2.18. The molecule has 7 nitrogen and oxygen atoms in total. The second-order valence-electron chi connectivity index (χ2n) is 5.42. The van der Waals surface area contributed by atoms with Gasteiger partial charge >= 0.3 is 0 Å². The van der Waals surface area contributed by atoms with Crippen molar-refractivity contribution in [2.24, 2.45) is 0 Å². The molecule has 1 saturated carbocycles. The molecule has 7 heteroatoms. The fraction of sp³-hybridized carbons (Fsp3) is 0.500. The number of rotatable bonds is 6. The summed E-state index contributed by atoms with van der Waals surface area (Å²) >= 11 is 0. The van der Waals surface area contributed by atoms with Gasteiger partial charge in [-0.1, -0.05) is 5.16 Å². The number of carbonyl (C=O) groups excluding carboxylic acids is 1. The Morgan fingerprint density at radius 1 is 1.48 bits per heavy atom. The number of aromatic nitrogens is 3. The molecule has 1 fully saturated rings. The first kappa shape index (κ1) is 13.7. The molecule has 0 saturated heterocycles. The Hall–Kier alpha value is -2.31. The predicted molar refractivity (Wildman–Crippen MR) is 76.7 cm³/mol. The molecule has 1 amide bonds. The smallest absolute Gasteiger partial charge is 0.241 e. The summed E-state index contributed by atoms with van der Waals surface area (Å²) in [6, 6.07) is 0.380. The molecule has 0 aromatic carbocycles. The molecule has 1 aliphatic rings. The lowest BCUT2D eigenvalue weighted by atomic mass is 10.2. The van der Waals surface area contributed by atoms with Gasteiger partial charge in [-0.15, -0.1) is 0 Å². The van der Waals surface area contributed by atoms with Crippen molar-refractivity contribution in [3.8, 4) is 0 Å². The van der Waals surface area contributed by atoms with Crippen molar-refractivity contribution < 1.29 is 9.32 Å². The lowest BCUT2D eigenvalue weighted by molar-refractivity contribution is -0.122. The van der Waals surface area contributed by atoms with E-state index in [1.807, 2.05) is 20.0 Å². The van der Waals surface area contributed by atoms with E-state index in [1.54, 1.807) is 10.9 Å². The third kappa shape index (κ3) is 3.42. The number of hydrogen-bond acceptors (Lipinski definition) is 5. The van der Waals surface area contributed by atoms with Crippen molar-refractivity contribution in [3.05, 3.63) is 29.4 Å². The Balaban J connectivity index is 1.53. The Morgan fingerprint density at radius 3 is 2.95 bits per heavy atom. The van der Waals surface area contributed by atoms with E-state index in [9.17, 15) is 4.79 Å². The zero-order valence-electron chi connectivity index (χ0n) is 12.2. The van der Waals surface area contributed by atoms with Crippen molar-refractivity contribution in [2.45, 2.75) is 45.8 Å². The maximum Gasteiger partial charge on any atom is 0.241 e. The summed E-state index contributed by atoms with van der Waals surface area (Å²) in [4.78, 5) is 11.7. The van der Waals surface area contributed by atoms with E-state index in [0.29, 0.717) is 12.6 Å². The third-order valence-electron chi connectivity index (χ3n) is 3.53. The fourth-order valence-electron chi connectivity index (χ4n) is 2.13. The van der Waals surface area contributed by atoms with Crippen LogP contribution in [0.15, 0.2) is 16.9 Å². The number of carbonyl (C=O) groups is 1. The second-order valence-corrected chi connectivity index (χ2v) is 5.42. The van der Waals surface area contributed by atoms with Gasteiger partial charge in [0.2, 0.25) is 5.91 Å². The van der Waals surface area contributed by atoms with E-state index in [-0.39, 0.29) is 12.5 Å². The second kappa shape index (κ2) is 5.59. The standard InChI is InChI=1S/C14H19N5O2/c1-9-13(10(2)21-18-9)6-15-12-5-16-19(7-12)8-14(20)17-11-3-4-11/h5,7,11,15H,3-4,6,8H2,1-2H3,(H,17,20). The molecular weight excluding hydrogens is 270 g/mol. The molecule has 0 aliphatic heterocycles. The molecule has 21 heavy (non-hydrogen) atoms. The molecule has 3 rings (SSSR count). The quantitative estimate of drug-likeness (QED) is 0.839. The molecule has 2 N–H and O–H groups in total. The van der Waals surface area contributed by atoms with Gasteiger partial charge in [-0.3, -0.25) is 9.48 Å². The molecule has 1 aliphatic carbocycles. The van der Waals surface area contributed by atoms with Crippen molar-refractivity contribution in [1.29, 1.82) is 0 Å². The third-order valence-corrected chi connectivity index (χ3v) is 3.53. The van der Waals surface area contributed by atoms with E-state index in [0.717, 1.165) is 35.5 Å². The van der Waals surface area contributed by atoms with E-state index in [1.165, 1.54) is 0 Å². The first-order chi connectivity index (χ1) is 10.1. The summed E-state index contributed by atoms with van der Waals surface area (Å²) in [6.07, 6.45) is 5.72. The Bertz CT molecular complexity index is 622. The molecule has 0 unspecified atom stereocenters. The van der Waals surface area contributed by atoms with Crippen LogP contribution in [0.1, 0.15) is 29.9 Å². The lowest BCUT2D eigenvalue weighted by Crippen LogP contribution is -2.29. The predicted octanol–water partition coefficient (Wildman–Crippen LogP) is 1.38. The van der Waals surface area contributed by atoms with Crippen LogP contribution >= 0.6 is 0 Å². The number of amides is 1. The number of anilines is 1. The number of nitrogens with zero attached hydrogens (tertiary/aromatic N) is 3. The molecular formula is C14H19N5O2. The molecule has 0 bridgehead atoms. The Morgan fingerprint density at radius 2 is 2.29 bits per heavy atom. The minimum atomic E-state index is 0.0119. The molecule has 2 aromatic rings. The van der Waals surface area contributed by atoms with Gasteiger partial charge in [0, 0.05) is 24.3 Å². The minimum Gasteiger partial charge on any atom is -0.378 e. The summed E-state index contributed by atoms with van der Waals surface area (Å²) in [6.45, 7) is 4.69. The van der Waals surface area contributed by atoms with E-state index in [2.05, 4.69) is 20.9 Å². The maximum atomic E-state index is 11.7. The monoisotopic (exact) mass is 289 g/mol. The van der Waals surface area contributed by atoms with Gasteiger partial charge in [-0.2, -0.15) is 5.10 Å². The van der Waals surface area contributed by atoms with Crippen LogP contribution in [0.5, 0.6) is 0 Å². The topological polar surface area (TPSA) is 85.0 Å². The Kier molecular flexibility index (Phi) is 3.64. The molecule has 0 radical (unpaired) electrons. The summed E-state index contributed by atoms with van der Waals surface area (Å²) in [7, 11) is 0. The molecule has 2 heterocycles. The van der Waals surface area contributed by atoms with Crippen LogP contribution in [0, 0.1) is 13.8 Å². The van der Waals surface area contributed by atoms with Gasteiger partial charge in [0.1, 0.15) is 12.3 Å². The highest BCUT2D eigenvalue weighted by molar-refractivity contribution is 5.76. The van der Waals surface area contributed by atoms with Crippen LogP contribution < -0.4 is 10.6 Å². The van der Waals surface area contributed by atoms with Crippen LogP contribution in [0.4, 0.5) is 5.69 Å². The average molecular weight is 289 g/mol. The van der Waals surface area contributed by atoms with Gasteiger partial charge in [0.05, 0.1) is 17.6 Å². The highest BCUT2D eigenvalue weighted by atomic mass is 16.5. The molecule has 2 aromatic heterocycles. The zero-order valence-corrected chi connectivity index (χ0v) is 12.2. The van der Waals surface area contributed by atoms with Gasteiger partial charge in [-0.25, -0.2) is 0 Å². The summed E-state index contributed by atoms with van der Waals surface area (Å²) in [5.41, 5.74) is 2.81. The van der Waals surface area contributed by atoms with Crippen LogP contribution in [-0.2, 0) is 17.9 Å². The van der Waals surface area contributed by atoms with Crippen LogP contribution in [0.2, 0.25) is 0 Å². The molecule has 0 spiro atoms. The maximum absolute atomic E-state index is 11.7. The van der Waals surface area contributed by atoms with Crippen LogP contribution in [0.3, 0.4) is 0 Å². The van der Waals surface area contributed by atoms with Crippen molar-refractivity contribution in [3.63, 3.8) is 0 Å². The van der Waals surface area contributed by atoms with E-state index < -0.39 is 0 Å². The molecule has 0 atom stereocenters. The van der Waals surface area contributed by atoms with E-state index >= 15 is 0 Å². The number of aryl methyl sites for hydroxylation is 2. The van der Waals surface area contributed by atoms with Crippen molar-refractivity contribution in [1.82, 2.24) is 20.3 Å². The van der Waals surface area contributed by atoms with Gasteiger partial charge in [-0.05, 0) is 26.7 Å². The normalized spacial score (nSPS) is 14.2. The average Bonchev–Trinajstić information content (AvgIpc) is 3.04. The van der Waals surface area contributed by atoms with Gasteiger partial charge < -0.3 is 15.2 Å². The summed E-state index contributed by atoms with van der Waals surface area (Å²) in [5.74, 6) is 0.828. The first-order valence-electron chi connectivity index (χ1n) is 7.09. The number of nitrogens with one attached hydrogen (secondary N) is 2. The molecule has 112 valence electrons. The van der Waals surface area contributed by atoms with Crippen LogP contribution in [0.25, 0.3) is 0 Å². The number of hydrogen-bond donors (Lipinski definition) is 2. The largest absolute Gasteiger partial charge is 0.378 e. The van der Waals surface area contributed by atoms with Crippen molar-refractivity contribution >= 4 is 11.6 Å². The highest BCUT2D eigenvalue weighted by Gasteiger charge is 2.23. The zero-order chi connectivity index (χ0) is 14.8. The fourth-order valence-corrected chi connectivity index (χ4v) is 2.13. The SMILES string of the molecule is Cc1noc(C)c1CNc1cnn(CC(=O)NC2CC2)c1.